The van der Waals surface area contributed by atoms with E-state index in [1.807, 2.05) is 12.1 Å². The molecule has 2 aliphatic rings. The van der Waals surface area contributed by atoms with Crippen LogP contribution in [-0.4, -0.2) is 38.4 Å². The van der Waals surface area contributed by atoms with Gasteiger partial charge in [-0.3, -0.25) is 0 Å². The van der Waals surface area contributed by atoms with Gasteiger partial charge in [0, 0.05) is 6.04 Å². The summed E-state index contributed by atoms with van der Waals surface area (Å²) < 4.78 is 11.9. The van der Waals surface area contributed by atoms with Crippen LogP contribution in [0.1, 0.15) is 39.3 Å². The number of cyclic esters (lactones) is 1. The quantitative estimate of drug-likeness (QED) is 0.538. The highest BCUT2D eigenvalue weighted by atomic mass is 28.4. The van der Waals surface area contributed by atoms with E-state index in [1.165, 1.54) is 5.56 Å². The van der Waals surface area contributed by atoms with Crippen molar-refractivity contribution < 1.29 is 14.0 Å². The third-order valence-electron chi connectivity index (χ3n) is 6.09. The molecule has 0 fully saturated rings. The van der Waals surface area contributed by atoms with Crippen molar-refractivity contribution in [3.63, 3.8) is 0 Å². The summed E-state index contributed by atoms with van der Waals surface area (Å²) >= 11 is 0. The van der Waals surface area contributed by atoms with Crippen LogP contribution in [-0.2, 0) is 14.0 Å². The van der Waals surface area contributed by atoms with Gasteiger partial charge in [0.15, 0.2) is 8.32 Å². The Morgan fingerprint density at radius 1 is 1.26 bits per heavy atom. The van der Waals surface area contributed by atoms with E-state index in [9.17, 15) is 4.79 Å². The van der Waals surface area contributed by atoms with E-state index in [2.05, 4.69) is 76.0 Å². The topological polar surface area (TPSA) is 38.8 Å². The van der Waals surface area contributed by atoms with Crippen molar-refractivity contribution in [3.8, 4) is 0 Å². The molecular formula is C22H31NO3Si. The number of hydrogen-bond acceptors (Lipinski definition) is 4. The van der Waals surface area contributed by atoms with Crippen LogP contribution in [0.5, 0.6) is 0 Å². The second kappa shape index (κ2) is 7.28. The number of benzene rings is 1. The lowest BCUT2D eigenvalue weighted by Crippen LogP contribution is -2.45. The molecule has 2 atom stereocenters. The maximum atomic E-state index is 12.1. The lowest BCUT2D eigenvalue weighted by atomic mass is 9.99. The van der Waals surface area contributed by atoms with Crippen LogP contribution in [0, 0.1) is 0 Å². The van der Waals surface area contributed by atoms with Gasteiger partial charge >= 0.3 is 5.97 Å². The fraction of sp³-hybridized carbons (Fsp3) is 0.500. The van der Waals surface area contributed by atoms with Gasteiger partial charge in [0.25, 0.3) is 0 Å². The maximum absolute atomic E-state index is 12.1. The highest BCUT2D eigenvalue weighted by Gasteiger charge is 2.40. The van der Waals surface area contributed by atoms with Crippen molar-refractivity contribution in [2.24, 2.45) is 0 Å². The molecule has 2 aliphatic heterocycles. The molecule has 5 heteroatoms. The molecule has 0 spiro atoms. The summed E-state index contributed by atoms with van der Waals surface area (Å²) in [4.78, 5) is 14.4. The van der Waals surface area contributed by atoms with Crippen LogP contribution in [0.4, 0.5) is 0 Å². The van der Waals surface area contributed by atoms with Crippen LogP contribution in [0.15, 0.2) is 53.8 Å². The summed E-state index contributed by atoms with van der Waals surface area (Å²) in [5, 5.41) is 0.151. The monoisotopic (exact) mass is 385 g/mol. The van der Waals surface area contributed by atoms with Crippen LogP contribution in [0.25, 0.3) is 0 Å². The van der Waals surface area contributed by atoms with Gasteiger partial charge in [-0.15, -0.1) is 0 Å². The maximum Gasteiger partial charge on any atom is 0.340 e. The third kappa shape index (κ3) is 3.89. The van der Waals surface area contributed by atoms with E-state index in [0.717, 1.165) is 5.70 Å². The highest BCUT2D eigenvalue weighted by molar-refractivity contribution is 6.74. The Labute approximate surface area is 164 Å². The molecule has 0 bridgehead atoms. The first kappa shape index (κ1) is 19.9. The van der Waals surface area contributed by atoms with Gasteiger partial charge in [-0.1, -0.05) is 57.2 Å². The Morgan fingerprint density at radius 3 is 2.56 bits per heavy atom. The zero-order chi connectivity index (χ0) is 19.8. The standard InChI is InChI=1S/C22H31NO3Si/c1-16-12-13-18-20(14-25-21(18)24)23(16)19(17-10-8-7-9-11-17)15-26-27(5,6)22(2,3)4/h7-13,16,19H,14-15H2,1-6H3/t16?,19-/m0/s1. The molecule has 0 saturated heterocycles. The Balaban J connectivity index is 1.95. The summed E-state index contributed by atoms with van der Waals surface area (Å²) in [5.74, 6) is -0.227. The fourth-order valence-corrected chi connectivity index (χ4v) is 4.35. The summed E-state index contributed by atoms with van der Waals surface area (Å²) in [7, 11) is -1.89. The first-order valence-corrected chi connectivity index (χ1v) is 12.6. The first-order valence-electron chi connectivity index (χ1n) is 9.67. The van der Waals surface area contributed by atoms with E-state index in [1.54, 1.807) is 0 Å². The largest absolute Gasteiger partial charge is 0.456 e. The third-order valence-corrected chi connectivity index (χ3v) is 10.6. The van der Waals surface area contributed by atoms with Gasteiger partial charge in [0.05, 0.1) is 23.9 Å². The van der Waals surface area contributed by atoms with Crippen molar-refractivity contribution in [1.82, 2.24) is 4.90 Å². The molecule has 1 unspecified atom stereocenters. The normalized spacial score (nSPS) is 21.3. The highest BCUT2D eigenvalue weighted by Crippen LogP contribution is 2.40. The van der Waals surface area contributed by atoms with Gasteiger partial charge in [-0.25, -0.2) is 4.79 Å². The Bertz CT molecular complexity index is 762. The molecule has 1 aromatic rings. The van der Waals surface area contributed by atoms with Gasteiger partial charge < -0.3 is 14.1 Å². The number of rotatable bonds is 5. The number of esters is 1. The molecule has 0 radical (unpaired) electrons. The minimum absolute atomic E-state index is 0.0415. The van der Waals surface area contributed by atoms with Gasteiger partial charge in [-0.05, 0) is 36.7 Å². The minimum atomic E-state index is -1.89. The molecule has 0 aliphatic carbocycles. The van der Waals surface area contributed by atoms with E-state index >= 15 is 0 Å². The molecule has 2 heterocycles. The summed E-state index contributed by atoms with van der Waals surface area (Å²) in [5.41, 5.74) is 2.86. The molecule has 0 N–H and O–H groups in total. The molecule has 4 nitrogen and oxygen atoms in total. The van der Waals surface area contributed by atoms with E-state index in [-0.39, 0.29) is 23.1 Å². The molecule has 146 valence electrons. The molecular weight excluding hydrogens is 354 g/mol. The van der Waals surface area contributed by atoms with Crippen molar-refractivity contribution in [1.29, 1.82) is 0 Å². The van der Waals surface area contributed by atoms with Crippen LogP contribution in [0.3, 0.4) is 0 Å². The van der Waals surface area contributed by atoms with Crippen LogP contribution >= 0.6 is 0 Å². The van der Waals surface area contributed by atoms with Crippen molar-refractivity contribution in [2.75, 3.05) is 13.2 Å². The summed E-state index contributed by atoms with van der Waals surface area (Å²) in [6.07, 6.45) is 3.98. The van der Waals surface area contributed by atoms with Gasteiger partial charge in [0.1, 0.15) is 6.61 Å². The molecule has 3 rings (SSSR count). The average Bonchev–Trinajstić information content (AvgIpc) is 2.97. The minimum Gasteiger partial charge on any atom is -0.456 e. The summed E-state index contributed by atoms with van der Waals surface area (Å²) in [6, 6.07) is 10.6. The Kier molecular flexibility index (Phi) is 5.37. The first-order chi connectivity index (χ1) is 12.6. The van der Waals surface area contributed by atoms with Crippen molar-refractivity contribution in [3.05, 3.63) is 59.3 Å². The zero-order valence-corrected chi connectivity index (χ0v) is 18.3. The molecule has 0 saturated carbocycles. The van der Waals surface area contributed by atoms with Gasteiger partial charge in [-0.2, -0.15) is 0 Å². The smallest absolute Gasteiger partial charge is 0.340 e. The van der Waals surface area contributed by atoms with Crippen molar-refractivity contribution in [2.45, 2.75) is 57.9 Å². The second-order valence-corrected chi connectivity index (χ2v) is 13.8. The number of carbonyl (C=O) groups is 1. The SMILES string of the molecule is CC1C=CC2=C(COC2=O)N1[C@@H](CO[Si](C)(C)C(C)(C)C)c1ccccc1. The van der Waals surface area contributed by atoms with Crippen LogP contribution in [0.2, 0.25) is 18.1 Å². The van der Waals surface area contributed by atoms with E-state index in [0.29, 0.717) is 18.8 Å². The van der Waals surface area contributed by atoms with E-state index in [4.69, 9.17) is 9.16 Å². The second-order valence-electron chi connectivity index (χ2n) is 8.94. The molecule has 0 aromatic heterocycles. The number of ether oxygens (including phenoxy) is 1. The number of carbonyl (C=O) groups excluding carboxylic acids is 1. The van der Waals surface area contributed by atoms with Crippen molar-refractivity contribution >= 4 is 14.3 Å². The zero-order valence-electron chi connectivity index (χ0n) is 17.3. The Hall–Kier alpha value is -1.85. The fourth-order valence-electron chi connectivity index (χ4n) is 3.35. The Morgan fingerprint density at radius 2 is 1.93 bits per heavy atom. The average molecular weight is 386 g/mol. The number of nitrogens with zero attached hydrogens (tertiary/aromatic N) is 1. The summed E-state index contributed by atoms with van der Waals surface area (Å²) in [6.45, 7) is 14.4. The number of hydrogen-bond donors (Lipinski definition) is 0. The van der Waals surface area contributed by atoms with Gasteiger partial charge in [0.2, 0.25) is 0 Å². The molecule has 1 aromatic carbocycles. The molecule has 27 heavy (non-hydrogen) atoms. The lowest BCUT2D eigenvalue weighted by Gasteiger charge is -2.43. The predicted octanol–water partition coefficient (Wildman–Crippen LogP) is 4.82. The lowest BCUT2D eigenvalue weighted by molar-refractivity contribution is -0.135. The molecule has 0 amide bonds. The van der Waals surface area contributed by atoms with Crippen LogP contribution < -0.4 is 0 Å². The predicted molar refractivity (Wildman–Crippen MR) is 111 cm³/mol. The van der Waals surface area contributed by atoms with E-state index < -0.39 is 8.32 Å².